The molecule has 1 aliphatic rings. The maximum atomic E-state index is 5.52. The molecule has 0 saturated carbocycles. The number of hydrogen-bond donors (Lipinski definition) is 1. The van der Waals surface area contributed by atoms with E-state index in [0.29, 0.717) is 33.2 Å². The standard InChI is InChI=1S/C15H27NO3.C2H6.H2O.H2/c1-2-9-17-11-12-18-10-8-16-14-19-13-15-6-4-3-5-7-15;1-2;;/h4,6-7,16H,2-3,5,8-14H2,1H3;1-2H3;1H2;1H. The molecule has 3 N–H and O–H groups in total. The van der Waals surface area contributed by atoms with Crippen LogP contribution in [0.1, 0.15) is 41.5 Å². The number of nitrogens with one attached hydrogen (secondary N) is 1. The number of rotatable bonds is 12. The van der Waals surface area contributed by atoms with Crippen molar-refractivity contribution in [2.24, 2.45) is 0 Å². The summed E-state index contributed by atoms with van der Waals surface area (Å²) in [5.41, 5.74) is 1.28. The second-order valence-corrected chi connectivity index (χ2v) is 4.48. The zero-order chi connectivity index (χ0) is 15.6. The molecule has 0 aromatic carbocycles. The van der Waals surface area contributed by atoms with Gasteiger partial charge >= 0.3 is 0 Å². The van der Waals surface area contributed by atoms with Gasteiger partial charge in [-0.15, -0.1) is 0 Å². The van der Waals surface area contributed by atoms with Crippen LogP contribution in [0, 0.1) is 0 Å². The van der Waals surface area contributed by atoms with Gasteiger partial charge in [-0.3, -0.25) is 5.32 Å². The summed E-state index contributed by atoms with van der Waals surface area (Å²) in [5, 5.41) is 3.19. The molecule has 1 rings (SSSR count). The molecule has 0 amide bonds. The van der Waals surface area contributed by atoms with Crippen molar-refractivity contribution in [3.05, 3.63) is 23.8 Å². The Morgan fingerprint density at radius 3 is 2.41 bits per heavy atom. The summed E-state index contributed by atoms with van der Waals surface area (Å²) in [4.78, 5) is 0. The van der Waals surface area contributed by atoms with E-state index in [1.165, 1.54) is 5.57 Å². The zero-order valence-electron chi connectivity index (χ0n) is 14.5. The molecule has 0 aliphatic heterocycles. The maximum Gasteiger partial charge on any atom is 0.0970 e. The Morgan fingerprint density at radius 1 is 1.05 bits per heavy atom. The lowest BCUT2D eigenvalue weighted by molar-refractivity contribution is 0.0454. The Kier molecular flexibility index (Phi) is 21.7. The van der Waals surface area contributed by atoms with Gasteiger partial charge in [-0.2, -0.15) is 0 Å². The topological polar surface area (TPSA) is 71.2 Å². The molecule has 1 aliphatic carbocycles. The SMILES string of the molecule is CC.CCCOCCOCCNCOCC1=CCCC=C1.O.[HH]. The third-order valence-electron chi connectivity index (χ3n) is 2.69. The van der Waals surface area contributed by atoms with E-state index in [4.69, 9.17) is 14.2 Å². The summed E-state index contributed by atoms with van der Waals surface area (Å²) >= 11 is 0. The second-order valence-electron chi connectivity index (χ2n) is 4.48. The molecule has 5 nitrogen and oxygen atoms in total. The van der Waals surface area contributed by atoms with E-state index in [1.54, 1.807) is 0 Å². The first-order valence-electron chi connectivity index (χ1n) is 8.23. The van der Waals surface area contributed by atoms with Gasteiger partial charge in [-0.05, 0) is 24.8 Å². The molecule has 0 saturated heterocycles. The van der Waals surface area contributed by atoms with Gasteiger partial charge in [0.25, 0.3) is 0 Å². The average molecular weight is 319 g/mol. The minimum atomic E-state index is 0. The fraction of sp³-hybridized carbons (Fsp3) is 0.765. The molecule has 134 valence electrons. The van der Waals surface area contributed by atoms with Crippen molar-refractivity contribution in [3.63, 3.8) is 0 Å². The molecule has 0 spiro atoms. The van der Waals surface area contributed by atoms with Gasteiger partial charge in [0, 0.05) is 14.6 Å². The normalized spacial score (nSPS) is 13.0. The van der Waals surface area contributed by atoms with Gasteiger partial charge in [0.1, 0.15) is 0 Å². The average Bonchev–Trinajstić information content (AvgIpc) is 2.55. The molecule has 0 bridgehead atoms. The van der Waals surface area contributed by atoms with Crippen LogP contribution in [0.2, 0.25) is 0 Å². The predicted molar refractivity (Wildman–Crippen MR) is 94.3 cm³/mol. The Morgan fingerprint density at radius 2 is 1.77 bits per heavy atom. The summed E-state index contributed by atoms with van der Waals surface area (Å²) in [6.45, 7) is 11.0. The lowest BCUT2D eigenvalue weighted by Crippen LogP contribution is -2.24. The predicted octanol–water partition coefficient (Wildman–Crippen LogP) is 2.72. The summed E-state index contributed by atoms with van der Waals surface area (Å²) in [7, 11) is 0. The minimum absolute atomic E-state index is 0. The first-order valence-corrected chi connectivity index (χ1v) is 8.23. The van der Waals surface area contributed by atoms with Crippen LogP contribution >= 0.6 is 0 Å². The van der Waals surface area contributed by atoms with Crippen LogP contribution in [-0.4, -0.2) is 51.8 Å². The smallest absolute Gasteiger partial charge is 0.0970 e. The fourth-order valence-corrected chi connectivity index (χ4v) is 1.70. The van der Waals surface area contributed by atoms with Crippen molar-refractivity contribution in [2.75, 3.05) is 46.3 Å². The zero-order valence-corrected chi connectivity index (χ0v) is 14.5. The van der Waals surface area contributed by atoms with Crippen molar-refractivity contribution in [1.82, 2.24) is 5.32 Å². The Hall–Kier alpha value is -0.720. The van der Waals surface area contributed by atoms with Crippen LogP contribution < -0.4 is 5.32 Å². The summed E-state index contributed by atoms with van der Waals surface area (Å²) in [5.74, 6) is 0. The molecule has 0 heterocycles. The van der Waals surface area contributed by atoms with E-state index in [2.05, 4.69) is 30.5 Å². The first-order chi connectivity index (χ1) is 10.4. The Bertz CT molecular complexity index is 273. The molecule has 0 aromatic rings. The molecule has 0 radical (unpaired) electrons. The van der Waals surface area contributed by atoms with Gasteiger partial charge in [0.15, 0.2) is 0 Å². The summed E-state index contributed by atoms with van der Waals surface area (Å²) in [6.07, 6.45) is 9.92. The van der Waals surface area contributed by atoms with Crippen LogP contribution in [0.4, 0.5) is 0 Å². The van der Waals surface area contributed by atoms with Crippen molar-refractivity contribution >= 4 is 0 Å². The lowest BCUT2D eigenvalue weighted by atomic mass is 10.1. The van der Waals surface area contributed by atoms with Crippen LogP contribution in [0.25, 0.3) is 0 Å². The third kappa shape index (κ3) is 15.7. The molecule has 0 atom stereocenters. The van der Waals surface area contributed by atoms with E-state index in [0.717, 1.165) is 32.4 Å². The van der Waals surface area contributed by atoms with Gasteiger partial charge < -0.3 is 19.7 Å². The lowest BCUT2D eigenvalue weighted by Gasteiger charge is -2.09. The van der Waals surface area contributed by atoms with Crippen molar-refractivity contribution in [2.45, 2.75) is 40.0 Å². The van der Waals surface area contributed by atoms with Crippen LogP contribution in [0.3, 0.4) is 0 Å². The van der Waals surface area contributed by atoms with Crippen LogP contribution in [-0.2, 0) is 14.2 Å². The summed E-state index contributed by atoms with van der Waals surface area (Å²) in [6, 6.07) is 0. The van der Waals surface area contributed by atoms with Gasteiger partial charge in [-0.1, -0.05) is 39.0 Å². The van der Waals surface area contributed by atoms with Gasteiger partial charge in [0.05, 0.1) is 33.2 Å². The molecular weight excluding hydrogens is 282 g/mol. The highest BCUT2D eigenvalue weighted by Crippen LogP contribution is 2.09. The van der Waals surface area contributed by atoms with Crippen LogP contribution in [0.15, 0.2) is 23.8 Å². The number of ether oxygens (including phenoxy) is 3. The fourth-order valence-electron chi connectivity index (χ4n) is 1.70. The van der Waals surface area contributed by atoms with Crippen molar-refractivity contribution < 1.29 is 21.1 Å². The highest BCUT2D eigenvalue weighted by molar-refractivity contribution is 5.22. The molecule has 0 unspecified atom stereocenters. The van der Waals surface area contributed by atoms with Crippen molar-refractivity contribution in [1.29, 1.82) is 0 Å². The molecule has 5 heteroatoms. The highest BCUT2D eigenvalue weighted by atomic mass is 16.5. The maximum absolute atomic E-state index is 5.52. The molecule has 0 fully saturated rings. The second kappa shape index (κ2) is 20.3. The van der Waals surface area contributed by atoms with Gasteiger partial charge in [-0.25, -0.2) is 0 Å². The quantitative estimate of drug-likeness (QED) is 0.443. The van der Waals surface area contributed by atoms with E-state index in [9.17, 15) is 0 Å². The largest absolute Gasteiger partial charge is 0.412 e. The monoisotopic (exact) mass is 319 g/mol. The molecule has 0 aromatic heterocycles. The Labute approximate surface area is 137 Å². The van der Waals surface area contributed by atoms with E-state index < -0.39 is 0 Å². The van der Waals surface area contributed by atoms with E-state index >= 15 is 0 Å². The van der Waals surface area contributed by atoms with E-state index in [-0.39, 0.29) is 6.90 Å². The van der Waals surface area contributed by atoms with Crippen LogP contribution in [0.5, 0.6) is 0 Å². The first kappa shape index (κ1) is 23.5. The summed E-state index contributed by atoms with van der Waals surface area (Å²) < 4.78 is 16.2. The Balaban J connectivity index is -0.000000960. The van der Waals surface area contributed by atoms with Crippen molar-refractivity contribution in [3.8, 4) is 0 Å². The van der Waals surface area contributed by atoms with Gasteiger partial charge in [0.2, 0.25) is 0 Å². The minimum Gasteiger partial charge on any atom is -0.412 e. The highest BCUT2D eigenvalue weighted by Gasteiger charge is 1.97. The third-order valence-corrected chi connectivity index (χ3v) is 2.69. The number of allylic oxidation sites excluding steroid dienone is 2. The molecular formula is C17H37NO4. The number of hydrogen-bond acceptors (Lipinski definition) is 4. The molecule has 22 heavy (non-hydrogen) atoms. The van der Waals surface area contributed by atoms with E-state index in [1.807, 2.05) is 13.8 Å².